The van der Waals surface area contributed by atoms with Gasteiger partial charge in [0.15, 0.2) is 0 Å². The molecule has 0 bridgehead atoms. The molecule has 0 saturated heterocycles. The molecule has 1 saturated carbocycles. The zero-order chi connectivity index (χ0) is 14.8. The van der Waals surface area contributed by atoms with E-state index in [9.17, 15) is 4.79 Å². The van der Waals surface area contributed by atoms with Crippen molar-refractivity contribution < 1.29 is 4.79 Å². The lowest BCUT2D eigenvalue weighted by Gasteiger charge is -2.39. The van der Waals surface area contributed by atoms with Crippen molar-refractivity contribution in [1.29, 1.82) is 0 Å². The topological polar surface area (TPSA) is 29.1 Å². The van der Waals surface area contributed by atoms with Crippen LogP contribution in [0.5, 0.6) is 0 Å². The van der Waals surface area contributed by atoms with E-state index in [-0.39, 0.29) is 11.4 Å². The summed E-state index contributed by atoms with van der Waals surface area (Å²) >= 11 is 9.26. The third kappa shape index (κ3) is 3.97. The van der Waals surface area contributed by atoms with E-state index in [1.165, 1.54) is 12.8 Å². The normalized spacial score (nSPS) is 26.3. The summed E-state index contributed by atoms with van der Waals surface area (Å²) in [4.78, 5) is 12.6. The molecule has 110 valence electrons. The highest BCUT2D eigenvalue weighted by atomic mass is 127. The van der Waals surface area contributed by atoms with Gasteiger partial charge < -0.3 is 5.32 Å². The van der Waals surface area contributed by atoms with Gasteiger partial charge >= 0.3 is 0 Å². The van der Waals surface area contributed by atoms with Crippen molar-refractivity contribution in [3.05, 3.63) is 31.8 Å². The van der Waals surface area contributed by atoms with Crippen LogP contribution in [0.2, 0.25) is 0 Å². The number of amides is 1. The molecule has 1 amide bonds. The number of hydrogen-bond acceptors (Lipinski definition) is 1. The first kappa shape index (κ1) is 16.7. The second-order valence-corrected chi connectivity index (χ2v) is 8.33. The van der Waals surface area contributed by atoms with Crippen LogP contribution in [0.3, 0.4) is 0 Å². The average molecular weight is 515 g/mol. The first-order valence-corrected chi connectivity index (χ1v) is 9.79. The maximum Gasteiger partial charge on any atom is 0.252 e. The van der Waals surface area contributed by atoms with Crippen LogP contribution in [0.15, 0.2) is 22.7 Å². The Morgan fingerprint density at radius 2 is 2.30 bits per heavy atom. The number of nitrogens with one attached hydrogen (secondary N) is 1. The maximum atomic E-state index is 12.6. The fraction of sp³-hybridized carbons (Fsp3) is 0.533. The van der Waals surface area contributed by atoms with Crippen molar-refractivity contribution in [1.82, 2.24) is 5.32 Å². The predicted octanol–water partition coefficient (Wildman–Crippen LogP) is 5.13. The van der Waals surface area contributed by atoms with Crippen LogP contribution in [0.25, 0.3) is 0 Å². The molecule has 2 nitrogen and oxygen atoms in total. The summed E-state index contributed by atoms with van der Waals surface area (Å²) in [7, 11) is 0. The SMILES string of the molecule is CC1CCCC(CBr)(NC(=O)c2cc(Br)ccc2I)C1. The molecule has 1 aromatic rings. The van der Waals surface area contributed by atoms with Crippen LogP contribution in [0, 0.1) is 9.49 Å². The number of rotatable bonds is 3. The van der Waals surface area contributed by atoms with E-state index in [2.05, 4.69) is 66.7 Å². The quantitative estimate of drug-likeness (QED) is 0.440. The number of carbonyl (C=O) groups is 1. The van der Waals surface area contributed by atoms with Gasteiger partial charge in [-0.3, -0.25) is 4.79 Å². The van der Waals surface area contributed by atoms with Crippen LogP contribution in [0.1, 0.15) is 43.0 Å². The van der Waals surface area contributed by atoms with Gasteiger partial charge in [-0.1, -0.05) is 51.6 Å². The van der Waals surface area contributed by atoms with Gasteiger partial charge in [0.25, 0.3) is 5.91 Å². The van der Waals surface area contributed by atoms with Crippen molar-refractivity contribution in [3.63, 3.8) is 0 Å². The number of hydrogen-bond donors (Lipinski definition) is 1. The Labute approximate surface area is 150 Å². The minimum atomic E-state index is -0.0971. The van der Waals surface area contributed by atoms with Gasteiger partial charge in [0.2, 0.25) is 0 Å². The Morgan fingerprint density at radius 1 is 1.55 bits per heavy atom. The van der Waals surface area contributed by atoms with Crippen LogP contribution in [0.4, 0.5) is 0 Å². The van der Waals surface area contributed by atoms with Gasteiger partial charge in [-0.05, 0) is 59.5 Å². The molecule has 0 spiro atoms. The minimum absolute atomic E-state index is 0.0317. The molecule has 0 heterocycles. The zero-order valence-electron chi connectivity index (χ0n) is 11.4. The van der Waals surface area contributed by atoms with Crippen molar-refractivity contribution in [3.8, 4) is 0 Å². The molecule has 0 radical (unpaired) electrons. The summed E-state index contributed by atoms with van der Waals surface area (Å²) < 4.78 is 1.92. The molecule has 5 heteroatoms. The van der Waals surface area contributed by atoms with E-state index in [0.717, 1.165) is 31.8 Å². The third-order valence-corrected chi connectivity index (χ3v) is 6.41. The van der Waals surface area contributed by atoms with Gasteiger partial charge in [-0.15, -0.1) is 0 Å². The van der Waals surface area contributed by atoms with E-state index in [0.29, 0.717) is 5.92 Å². The van der Waals surface area contributed by atoms with Gasteiger partial charge in [0, 0.05) is 13.4 Å². The van der Waals surface area contributed by atoms with Crippen LogP contribution in [-0.4, -0.2) is 16.8 Å². The second-order valence-electron chi connectivity index (χ2n) is 5.69. The van der Waals surface area contributed by atoms with Gasteiger partial charge in [-0.2, -0.15) is 0 Å². The number of halogens is 3. The van der Waals surface area contributed by atoms with Crippen molar-refractivity contribution in [2.45, 2.75) is 38.1 Å². The summed E-state index contributed by atoms with van der Waals surface area (Å²) in [5, 5.41) is 4.11. The maximum absolute atomic E-state index is 12.6. The monoisotopic (exact) mass is 513 g/mol. The van der Waals surface area contributed by atoms with Crippen molar-refractivity contribution >= 4 is 60.4 Å². The number of carbonyl (C=O) groups excluding carboxylic acids is 1. The fourth-order valence-electron chi connectivity index (χ4n) is 2.91. The lowest BCUT2D eigenvalue weighted by molar-refractivity contribution is 0.0868. The Bertz CT molecular complexity index is 509. The standard InChI is InChI=1S/C15H18Br2INO/c1-10-3-2-6-15(8-10,9-16)19-14(20)12-7-11(17)4-5-13(12)18/h4-5,7,10H,2-3,6,8-9H2,1H3,(H,19,20). The Morgan fingerprint density at radius 3 is 2.95 bits per heavy atom. The molecular weight excluding hydrogens is 497 g/mol. The molecule has 1 aromatic carbocycles. The van der Waals surface area contributed by atoms with Gasteiger partial charge in [-0.25, -0.2) is 0 Å². The highest BCUT2D eigenvalue weighted by molar-refractivity contribution is 14.1. The molecular formula is C15H18Br2INO. The van der Waals surface area contributed by atoms with E-state index >= 15 is 0 Å². The van der Waals surface area contributed by atoms with E-state index in [1.54, 1.807) is 0 Å². The summed E-state index contributed by atoms with van der Waals surface area (Å²) in [5.41, 5.74) is 0.652. The van der Waals surface area contributed by atoms with Gasteiger partial charge in [0.05, 0.1) is 11.1 Å². The highest BCUT2D eigenvalue weighted by Crippen LogP contribution is 2.34. The summed E-state index contributed by atoms with van der Waals surface area (Å²) in [6.07, 6.45) is 4.55. The molecule has 1 aliphatic carbocycles. The molecule has 1 fully saturated rings. The van der Waals surface area contributed by atoms with Crippen LogP contribution < -0.4 is 5.32 Å². The third-order valence-electron chi connectivity index (χ3n) is 3.90. The molecule has 20 heavy (non-hydrogen) atoms. The number of benzene rings is 1. The highest BCUT2D eigenvalue weighted by Gasteiger charge is 2.35. The summed E-state index contributed by atoms with van der Waals surface area (Å²) in [5.74, 6) is 0.701. The zero-order valence-corrected chi connectivity index (χ0v) is 16.7. The molecule has 1 N–H and O–H groups in total. The molecule has 0 aromatic heterocycles. The predicted molar refractivity (Wildman–Crippen MR) is 98.5 cm³/mol. The Kier molecular flexibility index (Phi) is 5.94. The van der Waals surface area contributed by atoms with Gasteiger partial charge in [0.1, 0.15) is 0 Å². The first-order valence-electron chi connectivity index (χ1n) is 6.79. The van der Waals surface area contributed by atoms with Crippen LogP contribution in [-0.2, 0) is 0 Å². The Hall–Kier alpha value is 0.380. The van der Waals surface area contributed by atoms with Crippen LogP contribution >= 0.6 is 54.5 Å². The fourth-order valence-corrected chi connectivity index (χ4v) is 4.50. The molecule has 2 atom stereocenters. The summed E-state index contributed by atoms with van der Waals surface area (Å²) in [6, 6.07) is 5.82. The lowest BCUT2D eigenvalue weighted by Crippen LogP contribution is -2.52. The second kappa shape index (κ2) is 7.09. The Balaban J connectivity index is 2.19. The largest absolute Gasteiger partial charge is 0.346 e. The smallest absolute Gasteiger partial charge is 0.252 e. The average Bonchev–Trinajstić information content (AvgIpc) is 2.41. The van der Waals surface area contributed by atoms with E-state index < -0.39 is 0 Å². The molecule has 2 unspecified atom stereocenters. The minimum Gasteiger partial charge on any atom is -0.346 e. The van der Waals surface area contributed by atoms with Crippen molar-refractivity contribution in [2.75, 3.05) is 5.33 Å². The summed E-state index contributed by atoms with van der Waals surface area (Å²) in [6.45, 7) is 2.27. The first-order chi connectivity index (χ1) is 9.46. The molecule has 2 rings (SSSR count). The lowest BCUT2D eigenvalue weighted by atomic mass is 9.77. The van der Waals surface area contributed by atoms with E-state index in [1.807, 2.05) is 18.2 Å². The number of alkyl halides is 1. The van der Waals surface area contributed by atoms with E-state index in [4.69, 9.17) is 0 Å². The van der Waals surface area contributed by atoms with Crippen molar-refractivity contribution in [2.24, 2.45) is 5.92 Å². The molecule has 0 aliphatic heterocycles. The molecule has 1 aliphatic rings.